The molecule has 2 aromatic rings. The molecule has 108 valence electrons. The van der Waals surface area contributed by atoms with E-state index in [-0.39, 0.29) is 6.04 Å². The van der Waals surface area contributed by atoms with E-state index in [2.05, 4.69) is 15.9 Å². The maximum absolute atomic E-state index is 6.17. The summed E-state index contributed by atoms with van der Waals surface area (Å²) in [6, 6.07) is 6.76. The van der Waals surface area contributed by atoms with E-state index in [0.29, 0.717) is 26.0 Å². The second-order valence-corrected chi connectivity index (χ2v) is 5.99. The molecule has 0 fully saturated rings. The van der Waals surface area contributed by atoms with Crippen LogP contribution in [0.25, 0.3) is 0 Å². The lowest BCUT2D eigenvalue weighted by Gasteiger charge is -2.23. The van der Waals surface area contributed by atoms with Crippen LogP contribution >= 0.6 is 39.1 Å². The van der Waals surface area contributed by atoms with E-state index in [0.717, 1.165) is 6.42 Å². The molecule has 3 nitrogen and oxygen atoms in total. The van der Waals surface area contributed by atoms with Crippen LogP contribution in [0.4, 0.5) is 0 Å². The smallest absolute Gasteiger partial charge is 0.171 e. The highest BCUT2D eigenvalue weighted by molar-refractivity contribution is 9.10. The molecule has 0 aliphatic rings. The first kappa shape index (κ1) is 15.7. The van der Waals surface area contributed by atoms with E-state index < -0.39 is 6.10 Å². The van der Waals surface area contributed by atoms with Crippen molar-refractivity contribution in [3.05, 3.63) is 50.8 Å². The minimum atomic E-state index is -0.412. The van der Waals surface area contributed by atoms with Gasteiger partial charge >= 0.3 is 0 Å². The van der Waals surface area contributed by atoms with Gasteiger partial charge in [0.05, 0.1) is 16.3 Å². The van der Waals surface area contributed by atoms with Gasteiger partial charge in [0, 0.05) is 16.6 Å². The molecular weight excluding hydrogens is 365 g/mol. The fourth-order valence-corrected chi connectivity index (χ4v) is 2.59. The summed E-state index contributed by atoms with van der Waals surface area (Å²) in [4.78, 5) is 0. The van der Waals surface area contributed by atoms with Crippen molar-refractivity contribution in [3.8, 4) is 5.75 Å². The highest BCUT2D eigenvalue weighted by Gasteiger charge is 2.24. The molecule has 0 spiro atoms. The normalized spacial score (nSPS) is 14.1. The maximum atomic E-state index is 6.17. The summed E-state index contributed by atoms with van der Waals surface area (Å²) >= 11 is 15.5. The molecule has 1 heterocycles. The van der Waals surface area contributed by atoms with Gasteiger partial charge in [-0.05, 0) is 40.5 Å². The molecule has 1 aromatic carbocycles. The summed E-state index contributed by atoms with van der Waals surface area (Å²) in [5.41, 5.74) is 6.10. The first-order valence-corrected chi connectivity index (χ1v) is 7.68. The summed E-state index contributed by atoms with van der Waals surface area (Å²) in [7, 11) is 0. The quantitative estimate of drug-likeness (QED) is 0.726. The van der Waals surface area contributed by atoms with E-state index >= 15 is 0 Å². The number of furan rings is 1. The van der Waals surface area contributed by atoms with Gasteiger partial charge in [0.25, 0.3) is 0 Å². The largest absolute Gasteiger partial charge is 0.479 e. The van der Waals surface area contributed by atoms with E-state index in [1.54, 1.807) is 24.5 Å². The predicted octanol–water partition coefficient (Wildman–Crippen LogP) is 5.21. The van der Waals surface area contributed by atoms with Gasteiger partial charge in [-0.25, -0.2) is 0 Å². The Balaban J connectivity index is 2.31. The van der Waals surface area contributed by atoms with Gasteiger partial charge in [-0.15, -0.1) is 0 Å². The molecule has 0 aliphatic heterocycles. The number of benzene rings is 1. The molecule has 2 atom stereocenters. The lowest BCUT2D eigenvalue weighted by Crippen LogP contribution is -2.31. The number of hydrogen-bond acceptors (Lipinski definition) is 3. The van der Waals surface area contributed by atoms with Gasteiger partial charge in [-0.1, -0.05) is 30.1 Å². The Bertz CT molecular complexity index is 575. The fourth-order valence-electron chi connectivity index (χ4n) is 1.76. The van der Waals surface area contributed by atoms with Crippen molar-refractivity contribution >= 4 is 39.1 Å². The van der Waals surface area contributed by atoms with Crippen LogP contribution in [0.15, 0.2) is 39.4 Å². The molecule has 0 aliphatic carbocycles. The summed E-state index contributed by atoms with van der Waals surface area (Å²) in [5.74, 6) is 1.14. The maximum Gasteiger partial charge on any atom is 0.171 e. The molecule has 2 unspecified atom stereocenters. The second-order valence-electron chi connectivity index (χ2n) is 4.32. The van der Waals surface area contributed by atoms with Gasteiger partial charge < -0.3 is 14.9 Å². The van der Waals surface area contributed by atoms with Crippen LogP contribution in [0.1, 0.15) is 25.2 Å². The molecule has 0 radical (unpaired) electrons. The van der Waals surface area contributed by atoms with Crippen molar-refractivity contribution in [1.29, 1.82) is 0 Å². The molecule has 0 saturated heterocycles. The van der Waals surface area contributed by atoms with Crippen LogP contribution in [-0.4, -0.2) is 6.04 Å². The second kappa shape index (κ2) is 6.85. The summed E-state index contributed by atoms with van der Waals surface area (Å²) in [5, 5.41) is 0.980. The Labute approximate surface area is 136 Å². The van der Waals surface area contributed by atoms with Crippen LogP contribution in [-0.2, 0) is 0 Å². The lowest BCUT2D eigenvalue weighted by atomic mass is 10.1. The predicted molar refractivity (Wildman–Crippen MR) is 84.5 cm³/mol. The van der Waals surface area contributed by atoms with Gasteiger partial charge in [0.15, 0.2) is 6.10 Å². The lowest BCUT2D eigenvalue weighted by molar-refractivity contribution is 0.145. The Hall–Kier alpha value is -0.680. The summed E-state index contributed by atoms with van der Waals surface area (Å²) < 4.78 is 12.0. The van der Waals surface area contributed by atoms with Crippen molar-refractivity contribution in [2.24, 2.45) is 5.73 Å². The minimum absolute atomic E-state index is 0.209. The molecule has 6 heteroatoms. The van der Waals surface area contributed by atoms with E-state index in [9.17, 15) is 0 Å². The van der Waals surface area contributed by atoms with Crippen molar-refractivity contribution in [1.82, 2.24) is 0 Å². The number of nitrogens with two attached hydrogens (primary N) is 1. The summed E-state index contributed by atoms with van der Waals surface area (Å²) in [6.07, 6.45) is 1.92. The zero-order valence-corrected chi connectivity index (χ0v) is 13.9. The van der Waals surface area contributed by atoms with Gasteiger partial charge in [-0.3, -0.25) is 0 Å². The van der Waals surface area contributed by atoms with Crippen molar-refractivity contribution in [2.75, 3.05) is 0 Å². The average molecular weight is 379 g/mol. The Morgan fingerprint density at radius 1 is 1.35 bits per heavy atom. The van der Waals surface area contributed by atoms with Gasteiger partial charge in [0.2, 0.25) is 0 Å². The first-order chi connectivity index (χ1) is 9.52. The average Bonchev–Trinajstić information content (AvgIpc) is 2.94. The minimum Gasteiger partial charge on any atom is -0.479 e. The van der Waals surface area contributed by atoms with Crippen LogP contribution in [0.5, 0.6) is 5.75 Å². The van der Waals surface area contributed by atoms with Crippen molar-refractivity contribution < 1.29 is 9.15 Å². The number of rotatable bonds is 5. The summed E-state index contributed by atoms with van der Waals surface area (Å²) in [6.45, 7) is 1.99. The molecule has 2 N–H and O–H groups in total. The van der Waals surface area contributed by atoms with Gasteiger partial charge in [-0.2, -0.15) is 0 Å². The molecule has 20 heavy (non-hydrogen) atoms. The van der Waals surface area contributed by atoms with Crippen molar-refractivity contribution in [3.63, 3.8) is 0 Å². The third-order valence-electron chi connectivity index (χ3n) is 2.91. The first-order valence-electron chi connectivity index (χ1n) is 6.13. The SMILES string of the molecule is CCC(N)C(Oc1cc(Cl)c(Br)cc1Cl)c1ccco1. The number of ether oxygens (including phenoxy) is 1. The fraction of sp³-hybridized carbons (Fsp3) is 0.286. The third-order valence-corrected chi connectivity index (χ3v) is 4.41. The molecule has 0 amide bonds. The molecular formula is C14H14BrCl2NO2. The zero-order valence-electron chi connectivity index (χ0n) is 10.8. The molecule has 1 aromatic heterocycles. The highest BCUT2D eigenvalue weighted by atomic mass is 79.9. The third kappa shape index (κ3) is 3.50. The molecule has 0 bridgehead atoms. The van der Waals surface area contributed by atoms with E-state index in [1.807, 2.05) is 13.0 Å². The van der Waals surface area contributed by atoms with Crippen LogP contribution < -0.4 is 10.5 Å². The number of hydrogen-bond donors (Lipinski definition) is 1. The monoisotopic (exact) mass is 377 g/mol. The molecule has 0 saturated carbocycles. The van der Waals surface area contributed by atoms with E-state index in [1.165, 1.54) is 0 Å². The van der Waals surface area contributed by atoms with Crippen LogP contribution in [0.2, 0.25) is 10.0 Å². The molecule has 2 rings (SSSR count). The Kier molecular flexibility index (Phi) is 5.38. The van der Waals surface area contributed by atoms with E-state index in [4.69, 9.17) is 38.1 Å². The van der Waals surface area contributed by atoms with Gasteiger partial charge in [0.1, 0.15) is 11.5 Å². The van der Waals surface area contributed by atoms with Crippen LogP contribution in [0.3, 0.4) is 0 Å². The highest BCUT2D eigenvalue weighted by Crippen LogP contribution is 2.37. The van der Waals surface area contributed by atoms with Crippen molar-refractivity contribution in [2.45, 2.75) is 25.5 Å². The topological polar surface area (TPSA) is 48.4 Å². The Morgan fingerprint density at radius 3 is 2.70 bits per heavy atom. The zero-order chi connectivity index (χ0) is 14.7. The standard InChI is InChI=1S/C14H14BrCl2NO2/c1-2-11(18)14(12-4-3-5-19-12)20-13-7-9(16)8(15)6-10(13)17/h3-7,11,14H,2,18H2,1H3. The van der Waals surface area contributed by atoms with Crippen LogP contribution in [0, 0.1) is 0 Å². The number of halogens is 3. The Morgan fingerprint density at radius 2 is 2.10 bits per heavy atom.